The molecular formula is C11H24O. The normalized spacial score (nSPS) is 18.8. The summed E-state index contributed by atoms with van der Waals surface area (Å²) < 4.78 is 0. The molecule has 1 nitrogen and oxygen atoms in total. The van der Waals surface area contributed by atoms with E-state index in [1.165, 1.54) is 19.3 Å². The van der Waals surface area contributed by atoms with Gasteiger partial charge in [-0.15, -0.1) is 0 Å². The van der Waals surface area contributed by atoms with Gasteiger partial charge in [0.1, 0.15) is 0 Å². The molecule has 0 aromatic rings. The van der Waals surface area contributed by atoms with Crippen LogP contribution >= 0.6 is 0 Å². The monoisotopic (exact) mass is 172 g/mol. The first kappa shape index (κ1) is 12.0. The van der Waals surface area contributed by atoms with Crippen LogP contribution in [0.5, 0.6) is 0 Å². The van der Waals surface area contributed by atoms with Crippen LogP contribution in [0.2, 0.25) is 0 Å². The van der Waals surface area contributed by atoms with Gasteiger partial charge in [0.25, 0.3) is 0 Å². The Morgan fingerprint density at radius 3 is 1.83 bits per heavy atom. The third-order valence-corrected chi connectivity index (χ3v) is 2.62. The molecule has 0 fully saturated rings. The van der Waals surface area contributed by atoms with Gasteiger partial charge in [-0.2, -0.15) is 0 Å². The fraction of sp³-hybridized carbons (Fsp3) is 1.00. The molecule has 0 amide bonds. The average molecular weight is 172 g/mol. The van der Waals surface area contributed by atoms with Crippen molar-refractivity contribution in [2.45, 2.75) is 47.0 Å². The minimum absolute atomic E-state index is 0.338. The summed E-state index contributed by atoms with van der Waals surface area (Å²) in [6.45, 7) is 9.29. The lowest BCUT2D eigenvalue weighted by Gasteiger charge is -2.18. The molecule has 1 heteroatoms. The van der Waals surface area contributed by atoms with Crippen LogP contribution in [-0.4, -0.2) is 11.7 Å². The fourth-order valence-electron chi connectivity index (χ4n) is 1.71. The molecule has 3 atom stereocenters. The molecule has 1 N–H and O–H groups in total. The molecule has 74 valence electrons. The van der Waals surface area contributed by atoms with Crippen LogP contribution < -0.4 is 0 Å². The standard InChI is InChI=1S/C11H24O/c1-5-9(2)6-10(3)7-11(4)8-12/h9-12H,5-8H2,1-4H3/t9-,10-,11-/m0/s1. The van der Waals surface area contributed by atoms with E-state index >= 15 is 0 Å². The van der Waals surface area contributed by atoms with Crippen molar-refractivity contribution >= 4 is 0 Å². The zero-order valence-electron chi connectivity index (χ0n) is 9.01. The van der Waals surface area contributed by atoms with Gasteiger partial charge in [0.05, 0.1) is 0 Å². The Bertz CT molecular complexity index is 89.2. The Morgan fingerprint density at radius 2 is 1.42 bits per heavy atom. The lowest BCUT2D eigenvalue weighted by atomic mass is 9.89. The van der Waals surface area contributed by atoms with Gasteiger partial charge in [-0.3, -0.25) is 0 Å². The van der Waals surface area contributed by atoms with Crippen molar-refractivity contribution in [3.63, 3.8) is 0 Å². The first-order valence-corrected chi connectivity index (χ1v) is 5.20. The summed E-state index contributed by atoms with van der Waals surface area (Å²) in [5.74, 6) is 2.08. The smallest absolute Gasteiger partial charge is 0.0456 e. The van der Waals surface area contributed by atoms with Crippen molar-refractivity contribution in [3.8, 4) is 0 Å². The minimum atomic E-state index is 0.338. The second-order valence-electron chi connectivity index (χ2n) is 4.38. The molecule has 0 unspecified atom stereocenters. The maximum Gasteiger partial charge on any atom is 0.0456 e. The summed E-state index contributed by atoms with van der Waals surface area (Å²) in [5, 5.41) is 8.87. The van der Waals surface area contributed by atoms with Crippen LogP contribution in [0.4, 0.5) is 0 Å². The Morgan fingerprint density at radius 1 is 0.917 bits per heavy atom. The van der Waals surface area contributed by atoms with E-state index in [-0.39, 0.29) is 0 Å². The quantitative estimate of drug-likeness (QED) is 0.653. The Hall–Kier alpha value is -0.0400. The lowest BCUT2D eigenvalue weighted by Crippen LogP contribution is -2.09. The maximum absolute atomic E-state index is 8.87. The van der Waals surface area contributed by atoms with Crippen molar-refractivity contribution in [2.75, 3.05) is 6.61 Å². The second-order valence-corrected chi connectivity index (χ2v) is 4.38. The van der Waals surface area contributed by atoms with Crippen LogP contribution in [-0.2, 0) is 0 Å². The van der Waals surface area contributed by atoms with Crippen molar-refractivity contribution < 1.29 is 5.11 Å². The predicted molar refractivity (Wildman–Crippen MR) is 54.1 cm³/mol. The van der Waals surface area contributed by atoms with Crippen molar-refractivity contribution in [2.24, 2.45) is 17.8 Å². The molecule has 0 spiro atoms. The number of rotatable bonds is 6. The Balaban J connectivity index is 3.51. The SMILES string of the molecule is CC[C@H](C)C[C@H](C)C[C@H](C)CO. The van der Waals surface area contributed by atoms with E-state index in [1.54, 1.807) is 0 Å². The lowest BCUT2D eigenvalue weighted by molar-refractivity contribution is 0.207. The maximum atomic E-state index is 8.87. The summed E-state index contributed by atoms with van der Waals surface area (Å²) >= 11 is 0. The van der Waals surface area contributed by atoms with Gasteiger partial charge in [0, 0.05) is 6.61 Å². The zero-order chi connectivity index (χ0) is 9.56. The van der Waals surface area contributed by atoms with E-state index in [4.69, 9.17) is 5.11 Å². The number of aliphatic hydroxyl groups is 1. The molecule has 0 aliphatic heterocycles. The largest absolute Gasteiger partial charge is 0.396 e. The summed E-state index contributed by atoms with van der Waals surface area (Å²) in [5.41, 5.74) is 0. The number of aliphatic hydroxyl groups excluding tert-OH is 1. The van der Waals surface area contributed by atoms with Gasteiger partial charge in [-0.05, 0) is 30.6 Å². The average Bonchev–Trinajstić information content (AvgIpc) is 2.03. The van der Waals surface area contributed by atoms with Crippen LogP contribution in [0.3, 0.4) is 0 Å². The molecule has 0 aliphatic carbocycles. The van der Waals surface area contributed by atoms with E-state index in [0.29, 0.717) is 12.5 Å². The molecule has 0 saturated carbocycles. The molecule has 0 saturated heterocycles. The molecular weight excluding hydrogens is 148 g/mol. The highest BCUT2D eigenvalue weighted by atomic mass is 16.3. The van der Waals surface area contributed by atoms with Crippen LogP contribution in [0.25, 0.3) is 0 Å². The Kier molecular flexibility index (Phi) is 6.45. The predicted octanol–water partition coefficient (Wildman–Crippen LogP) is 3.08. The molecule has 12 heavy (non-hydrogen) atoms. The highest BCUT2D eigenvalue weighted by Crippen LogP contribution is 2.20. The number of hydrogen-bond donors (Lipinski definition) is 1. The van der Waals surface area contributed by atoms with Crippen molar-refractivity contribution in [3.05, 3.63) is 0 Å². The van der Waals surface area contributed by atoms with Gasteiger partial charge < -0.3 is 5.11 Å². The van der Waals surface area contributed by atoms with Gasteiger partial charge in [-0.25, -0.2) is 0 Å². The topological polar surface area (TPSA) is 20.2 Å². The summed E-state index contributed by atoms with van der Waals surface area (Å²) in [6, 6.07) is 0. The van der Waals surface area contributed by atoms with Gasteiger partial charge in [0.2, 0.25) is 0 Å². The second kappa shape index (κ2) is 6.47. The molecule has 0 aliphatic rings. The Labute approximate surface area is 77.2 Å². The minimum Gasteiger partial charge on any atom is -0.396 e. The highest BCUT2D eigenvalue weighted by Gasteiger charge is 2.10. The van der Waals surface area contributed by atoms with Gasteiger partial charge >= 0.3 is 0 Å². The molecule has 0 aromatic carbocycles. The van der Waals surface area contributed by atoms with E-state index in [9.17, 15) is 0 Å². The molecule has 0 heterocycles. The zero-order valence-corrected chi connectivity index (χ0v) is 9.01. The van der Waals surface area contributed by atoms with E-state index in [2.05, 4.69) is 27.7 Å². The summed E-state index contributed by atoms with van der Waals surface area (Å²) in [7, 11) is 0. The van der Waals surface area contributed by atoms with Crippen molar-refractivity contribution in [1.82, 2.24) is 0 Å². The highest BCUT2D eigenvalue weighted by molar-refractivity contribution is 4.61. The molecule has 0 rings (SSSR count). The first-order chi connectivity index (χ1) is 5.60. The van der Waals surface area contributed by atoms with Crippen LogP contribution in [0, 0.1) is 17.8 Å². The van der Waals surface area contributed by atoms with E-state index in [1.807, 2.05) is 0 Å². The van der Waals surface area contributed by atoms with Crippen LogP contribution in [0.1, 0.15) is 47.0 Å². The van der Waals surface area contributed by atoms with Gasteiger partial charge in [0.15, 0.2) is 0 Å². The van der Waals surface area contributed by atoms with E-state index < -0.39 is 0 Å². The molecule has 0 aromatic heterocycles. The third-order valence-electron chi connectivity index (χ3n) is 2.62. The summed E-state index contributed by atoms with van der Waals surface area (Å²) in [6.07, 6.45) is 3.75. The van der Waals surface area contributed by atoms with Crippen LogP contribution in [0.15, 0.2) is 0 Å². The van der Waals surface area contributed by atoms with Gasteiger partial charge in [-0.1, -0.05) is 34.1 Å². The third kappa shape index (κ3) is 5.59. The molecule has 0 bridgehead atoms. The van der Waals surface area contributed by atoms with Crippen molar-refractivity contribution in [1.29, 1.82) is 0 Å². The number of hydrogen-bond acceptors (Lipinski definition) is 1. The van der Waals surface area contributed by atoms with E-state index in [0.717, 1.165) is 11.8 Å². The molecule has 0 radical (unpaired) electrons. The first-order valence-electron chi connectivity index (χ1n) is 5.20. The summed E-state index contributed by atoms with van der Waals surface area (Å²) in [4.78, 5) is 0. The fourth-order valence-corrected chi connectivity index (χ4v) is 1.71.